The Kier molecular flexibility index (Phi) is 4.32. The molecule has 0 atom stereocenters. The minimum absolute atomic E-state index is 0.258. The maximum atomic E-state index is 12.6. The zero-order valence-electron chi connectivity index (χ0n) is 12.9. The van der Waals surface area contributed by atoms with Gasteiger partial charge in [-0.25, -0.2) is 4.98 Å². The zero-order chi connectivity index (χ0) is 18.9. The smallest absolute Gasteiger partial charge is 0.321 e. The standard InChI is InChI=1S/C15H11F3N4O3S/c16-15(17,18)26(24,25)21-12-4-2-1-3-11(12)14(23)20-10-5-6-13-19-7-8-22(13)9-10/h1-9,21H,(H,20,23). The first kappa shape index (κ1) is 17.7. The lowest BCUT2D eigenvalue weighted by Crippen LogP contribution is -2.30. The van der Waals surface area contributed by atoms with Crippen LogP contribution in [-0.2, 0) is 10.0 Å². The number of para-hydroxylation sites is 1. The molecule has 0 aliphatic heterocycles. The number of hydrogen-bond donors (Lipinski definition) is 2. The van der Waals surface area contributed by atoms with E-state index < -0.39 is 27.1 Å². The number of nitrogens with zero attached hydrogens (tertiary/aromatic N) is 2. The summed E-state index contributed by atoms with van der Waals surface area (Å²) in [6.45, 7) is 0. The molecule has 2 aromatic heterocycles. The number of sulfonamides is 1. The minimum atomic E-state index is -5.64. The van der Waals surface area contributed by atoms with Crippen molar-refractivity contribution in [3.8, 4) is 0 Å². The van der Waals surface area contributed by atoms with Gasteiger partial charge in [-0.3, -0.25) is 9.52 Å². The molecule has 136 valence electrons. The molecule has 0 aliphatic rings. The Morgan fingerprint density at radius 1 is 1.12 bits per heavy atom. The van der Waals surface area contributed by atoms with Crippen LogP contribution in [0.4, 0.5) is 24.5 Å². The van der Waals surface area contributed by atoms with Crippen LogP contribution in [0.25, 0.3) is 5.65 Å². The second-order valence-electron chi connectivity index (χ2n) is 5.16. The number of carbonyl (C=O) groups is 1. The summed E-state index contributed by atoms with van der Waals surface area (Å²) < 4.78 is 63.3. The van der Waals surface area contributed by atoms with Gasteiger partial charge in [0.1, 0.15) is 5.65 Å². The number of fused-ring (bicyclic) bond motifs is 1. The second-order valence-corrected chi connectivity index (χ2v) is 6.84. The lowest BCUT2D eigenvalue weighted by molar-refractivity contribution is -0.0429. The van der Waals surface area contributed by atoms with Gasteiger partial charge in [-0.15, -0.1) is 0 Å². The number of pyridine rings is 1. The van der Waals surface area contributed by atoms with Crippen molar-refractivity contribution in [1.82, 2.24) is 9.38 Å². The fourth-order valence-corrected chi connectivity index (χ4v) is 2.75. The van der Waals surface area contributed by atoms with E-state index in [9.17, 15) is 26.4 Å². The van der Waals surface area contributed by atoms with Gasteiger partial charge in [0.15, 0.2) is 0 Å². The van der Waals surface area contributed by atoms with E-state index in [0.717, 1.165) is 6.07 Å². The Morgan fingerprint density at radius 3 is 2.58 bits per heavy atom. The van der Waals surface area contributed by atoms with Gasteiger partial charge in [0.25, 0.3) is 5.91 Å². The minimum Gasteiger partial charge on any atom is -0.321 e. The first-order valence-electron chi connectivity index (χ1n) is 7.09. The van der Waals surface area contributed by atoms with Crippen LogP contribution < -0.4 is 10.0 Å². The van der Waals surface area contributed by atoms with Crippen LogP contribution in [0.1, 0.15) is 10.4 Å². The third-order valence-corrected chi connectivity index (χ3v) is 4.47. The molecule has 1 amide bonds. The Hall–Kier alpha value is -3.08. The van der Waals surface area contributed by atoms with Crippen molar-refractivity contribution in [2.45, 2.75) is 5.51 Å². The molecule has 0 spiro atoms. The van der Waals surface area contributed by atoms with Crippen molar-refractivity contribution in [2.24, 2.45) is 0 Å². The third-order valence-electron chi connectivity index (χ3n) is 3.37. The van der Waals surface area contributed by atoms with Crippen molar-refractivity contribution in [3.63, 3.8) is 0 Å². The molecule has 11 heteroatoms. The van der Waals surface area contributed by atoms with Gasteiger partial charge in [0, 0.05) is 18.6 Å². The van der Waals surface area contributed by atoms with Crippen LogP contribution in [0, 0.1) is 0 Å². The fourth-order valence-electron chi connectivity index (χ4n) is 2.17. The number of anilines is 2. The average molecular weight is 384 g/mol. The fraction of sp³-hybridized carbons (Fsp3) is 0.0667. The molecule has 0 bridgehead atoms. The number of benzene rings is 1. The van der Waals surface area contributed by atoms with Crippen LogP contribution >= 0.6 is 0 Å². The molecule has 0 unspecified atom stereocenters. The van der Waals surface area contributed by atoms with Crippen molar-refractivity contribution in [2.75, 3.05) is 10.0 Å². The van der Waals surface area contributed by atoms with E-state index in [2.05, 4.69) is 10.3 Å². The highest BCUT2D eigenvalue weighted by atomic mass is 32.2. The molecule has 0 saturated heterocycles. The van der Waals surface area contributed by atoms with Crippen molar-refractivity contribution >= 4 is 33.0 Å². The summed E-state index contributed by atoms with van der Waals surface area (Å²) in [5.41, 5.74) is -5.24. The number of aromatic nitrogens is 2. The first-order chi connectivity index (χ1) is 12.2. The zero-order valence-corrected chi connectivity index (χ0v) is 13.7. The lowest BCUT2D eigenvalue weighted by atomic mass is 10.1. The molecule has 7 nitrogen and oxygen atoms in total. The normalized spacial score (nSPS) is 12.1. The van der Waals surface area contributed by atoms with Gasteiger partial charge in [0.2, 0.25) is 0 Å². The summed E-state index contributed by atoms with van der Waals surface area (Å²) >= 11 is 0. The molecule has 3 rings (SSSR count). The first-order valence-corrected chi connectivity index (χ1v) is 8.58. The van der Waals surface area contributed by atoms with Gasteiger partial charge >= 0.3 is 15.5 Å². The number of imidazole rings is 1. The number of halogens is 3. The van der Waals surface area contributed by atoms with Crippen LogP contribution in [0.3, 0.4) is 0 Å². The predicted octanol–water partition coefficient (Wildman–Crippen LogP) is 2.85. The van der Waals surface area contributed by atoms with Crippen LogP contribution in [0.5, 0.6) is 0 Å². The Balaban J connectivity index is 1.88. The summed E-state index contributed by atoms with van der Waals surface area (Å²) in [4.78, 5) is 16.4. The highest BCUT2D eigenvalue weighted by Gasteiger charge is 2.46. The molecule has 26 heavy (non-hydrogen) atoms. The lowest BCUT2D eigenvalue weighted by Gasteiger charge is -2.14. The maximum Gasteiger partial charge on any atom is 0.516 e. The van der Waals surface area contributed by atoms with Crippen molar-refractivity contribution in [1.29, 1.82) is 0 Å². The van der Waals surface area contributed by atoms with Crippen molar-refractivity contribution < 1.29 is 26.4 Å². The molecule has 0 fully saturated rings. The average Bonchev–Trinajstić information content (AvgIpc) is 3.01. The van der Waals surface area contributed by atoms with E-state index in [1.54, 1.807) is 35.1 Å². The van der Waals surface area contributed by atoms with Crippen LogP contribution in [0.2, 0.25) is 0 Å². The molecular weight excluding hydrogens is 373 g/mol. The molecule has 2 N–H and O–H groups in total. The van der Waals surface area contributed by atoms with Gasteiger partial charge in [0.05, 0.1) is 16.9 Å². The highest BCUT2D eigenvalue weighted by molar-refractivity contribution is 7.93. The van der Waals surface area contributed by atoms with Gasteiger partial charge in [-0.05, 0) is 24.3 Å². The summed E-state index contributed by atoms with van der Waals surface area (Å²) in [6, 6.07) is 8.18. The van der Waals surface area contributed by atoms with E-state index in [0.29, 0.717) is 11.3 Å². The number of amides is 1. The number of carbonyl (C=O) groups excluding carboxylic acids is 1. The number of alkyl halides is 3. The summed E-state index contributed by atoms with van der Waals surface area (Å²) in [5.74, 6) is -0.773. The predicted molar refractivity (Wildman–Crippen MR) is 88.2 cm³/mol. The molecule has 2 heterocycles. The Labute approximate surface area is 145 Å². The Morgan fingerprint density at radius 2 is 1.85 bits per heavy atom. The third kappa shape index (κ3) is 3.47. The summed E-state index contributed by atoms with van der Waals surface area (Å²) in [6.07, 6.45) is 4.77. The van der Waals surface area contributed by atoms with Crippen LogP contribution in [0.15, 0.2) is 55.0 Å². The van der Waals surface area contributed by atoms with Gasteiger partial charge in [-0.1, -0.05) is 12.1 Å². The van der Waals surface area contributed by atoms with Gasteiger partial charge < -0.3 is 9.72 Å². The van der Waals surface area contributed by atoms with E-state index in [4.69, 9.17) is 0 Å². The second kappa shape index (κ2) is 6.33. The Bertz CT molecular complexity index is 1080. The summed E-state index contributed by atoms with van der Waals surface area (Å²) in [7, 11) is -5.64. The monoisotopic (exact) mass is 384 g/mol. The molecule has 0 saturated carbocycles. The van der Waals surface area contributed by atoms with Crippen molar-refractivity contribution in [3.05, 3.63) is 60.6 Å². The van der Waals surface area contributed by atoms with E-state index in [1.165, 1.54) is 22.9 Å². The van der Waals surface area contributed by atoms with E-state index in [1.807, 2.05) is 0 Å². The number of rotatable bonds is 4. The number of hydrogen-bond acceptors (Lipinski definition) is 4. The van der Waals surface area contributed by atoms with E-state index >= 15 is 0 Å². The largest absolute Gasteiger partial charge is 0.516 e. The maximum absolute atomic E-state index is 12.6. The SMILES string of the molecule is O=C(Nc1ccc2nccn2c1)c1ccccc1NS(=O)(=O)C(F)(F)F. The molecule has 3 aromatic rings. The summed E-state index contributed by atoms with van der Waals surface area (Å²) in [5, 5.41) is 2.50. The van der Waals surface area contributed by atoms with Crippen LogP contribution in [-0.4, -0.2) is 29.2 Å². The van der Waals surface area contributed by atoms with Gasteiger partial charge in [-0.2, -0.15) is 21.6 Å². The highest BCUT2D eigenvalue weighted by Crippen LogP contribution is 2.27. The topological polar surface area (TPSA) is 92.6 Å². The number of nitrogens with one attached hydrogen (secondary N) is 2. The molecule has 0 radical (unpaired) electrons. The molecule has 0 aliphatic carbocycles. The van der Waals surface area contributed by atoms with E-state index in [-0.39, 0.29) is 5.56 Å². The quantitative estimate of drug-likeness (QED) is 0.724. The molecule has 1 aromatic carbocycles. The molecular formula is C15H11F3N4O3S.